The second-order valence-electron chi connectivity index (χ2n) is 5.08. The molecule has 0 bridgehead atoms. The lowest BCUT2D eigenvalue weighted by Gasteiger charge is -2.35. The van der Waals surface area contributed by atoms with Gasteiger partial charge in [-0.1, -0.05) is 30.8 Å². The van der Waals surface area contributed by atoms with Crippen LogP contribution in [0.5, 0.6) is 0 Å². The highest BCUT2D eigenvalue weighted by molar-refractivity contribution is 7.80. The molecule has 1 atom stereocenters. The summed E-state index contributed by atoms with van der Waals surface area (Å²) >= 11 is 5.07. The van der Waals surface area contributed by atoms with Crippen molar-refractivity contribution in [3.63, 3.8) is 0 Å². The van der Waals surface area contributed by atoms with Gasteiger partial charge in [0.15, 0.2) is 0 Å². The summed E-state index contributed by atoms with van der Waals surface area (Å²) in [4.78, 5) is 2.62. The molecule has 0 saturated carbocycles. The highest BCUT2D eigenvalue weighted by Crippen LogP contribution is 2.29. The van der Waals surface area contributed by atoms with Crippen LogP contribution < -0.4 is 5.73 Å². The summed E-state index contributed by atoms with van der Waals surface area (Å²) in [6.45, 7) is 1.46. The number of alkyl halides is 3. The van der Waals surface area contributed by atoms with Gasteiger partial charge in [0.2, 0.25) is 0 Å². The minimum Gasteiger partial charge on any atom is -0.392 e. The zero-order valence-corrected chi connectivity index (χ0v) is 11.8. The van der Waals surface area contributed by atoms with Gasteiger partial charge in [0.05, 0.1) is 16.6 Å². The first kappa shape index (κ1) is 15.3. The van der Waals surface area contributed by atoms with Gasteiger partial charge in [-0.05, 0) is 37.1 Å². The first-order valence-electron chi connectivity index (χ1n) is 6.57. The Morgan fingerprint density at radius 1 is 1.25 bits per heavy atom. The monoisotopic (exact) mass is 302 g/mol. The highest BCUT2D eigenvalue weighted by atomic mass is 32.1. The molecule has 1 unspecified atom stereocenters. The average molecular weight is 302 g/mol. The zero-order valence-electron chi connectivity index (χ0n) is 11.0. The van der Waals surface area contributed by atoms with Crippen molar-refractivity contribution < 1.29 is 13.2 Å². The quantitative estimate of drug-likeness (QED) is 0.868. The summed E-state index contributed by atoms with van der Waals surface area (Å²) in [5.41, 5.74) is 5.96. The molecule has 0 aromatic heterocycles. The molecule has 1 aliphatic heterocycles. The van der Waals surface area contributed by atoms with E-state index in [4.69, 9.17) is 18.0 Å². The minimum atomic E-state index is -4.29. The van der Waals surface area contributed by atoms with Gasteiger partial charge >= 0.3 is 6.18 Å². The topological polar surface area (TPSA) is 29.3 Å². The highest BCUT2D eigenvalue weighted by Gasteiger charge is 2.30. The number of rotatable bonds is 3. The number of benzene rings is 1. The smallest absolute Gasteiger partial charge is 0.392 e. The van der Waals surface area contributed by atoms with Gasteiger partial charge in [-0.3, -0.25) is 4.90 Å². The fraction of sp³-hybridized carbons (Fsp3) is 0.500. The van der Waals surface area contributed by atoms with Crippen LogP contribution in [0, 0.1) is 0 Å². The van der Waals surface area contributed by atoms with E-state index in [1.807, 2.05) is 0 Å². The van der Waals surface area contributed by atoms with Crippen molar-refractivity contribution in [2.45, 2.75) is 38.0 Å². The number of hydrogen-bond acceptors (Lipinski definition) is 2. The maximum atomic E-state index is 12.5. The molecule has 6 heteroatoms. The van der Waals surface area contributed by atoms with E-state index < -0.39 is 11.7 Å². The van der Waals surface area contributed by atoms with Crippen LogP contribution >= 0.6 is 12.2 Å². The number of likely N-dealkylation sites (tertiary alicyclic amines) is 1. The van der Waals surface area contributed by atoms with Gasteiger partial charge in [-0.25, -0.2) is 0 Å². The maximum Gasteiger partial charge on any atom is 0.416 e. The summed E-state index contributed by atoms with van der Waals surface area (Å²) in [5, 5.41) is 0. The number of halogens is 3. The van der Waals surface area contributed by atoms with E-state index >= 15 is 0 Å². The van der Waals surface area contributed by atoms with E-state index in [9.17, 15) is 13.2 Å². The zero-order chi connectivity index (χ0) is 14.8. The van der Waals surface area contributed by atoms with Crippen molar-refractivity contribution in [2.75, 3.05) is 6.54 Å². The standard InChI is InChI=1S/C14H17F3N2S/c15-14(16,17)11-6-4-10(5-7-11)9-19-8-2-1-3-12(19)13(18)20/h4-7,12H,1-3,8-9H2,(H2,18,20). The molecule has 20 heavy (non-hydrogen) atoms. The van der Waals surface area contributed by atoms with Gasteiger partial charge in [0.25, 0.3) is 0 Å². The molecule has 1 aromatic carbocycles. The Hall–Kier alpha value is -1.14. The van der Waals surface area contributed by atoms with Crippen LogP contribution in [0.1, 0.15) is 30.4 Å². The van der Waals surface area contributed by atoms with Crippen molar-refractivity contribution in [1.29, 1.82) is 0 Å². The fourth-order valence-corrected chi connectivity index (χ4v) is 2.80. The summed E-state index contributed by atoms with van der Waals surface area (Å²) in [6.07, 6.45) is -1.20. The molecule has 2 rings (SSSR count). The normalized spacial score (nSPS) is 20.9. The second-order valence-corrected chi connectivity index (χ2v) is 5.55. The summed E-state index contributed by atoms with van der Waals surface area (Å²) in [6, 6.07) is 5.34. The molecule has 0 amide bonds. The third-order valence-corrected chi connectivity index (χ3v) is 3.88. The molecule has 2 nitrogen and oxygen atoms in total. The van der Waals surface area contributed by atoms with Crippen molar-refractivity contribution in [2.24, 2.45) is 5.73 Å². The predicted octanol–water partition coefficient (Wildman–Crippen LogP) is 3.35. The third kappa shape index (κ3) is 3.70. The largest absolute Gasteiger partial charge is 0.416 e. The molecule has 1 heterocycles. The van der Waals surface area contributed by atoms with Crippen molar-refractivity contribution >= 4 is 17.2 Å². The van der Waals surface area contributed by atoms with E-state index in [1.54, 1.807) is 0 Å². The van der Waals surface area contributed by atoms with Crippen LogP contribution in [0.2, 0.25) is 0 Å². The average Bonchev–Trinajstić information content (AvgIpc) is 2.38. The van der Waals surface area contributed by atoms with Crippen molar-refractivity contribution in [1.82, 2.24) is 4.90 Å². The van der Waals surface area contributed by atoms with Crippen molar-refractivity contribution in [3.05, 3.63) is 35.4 Å². The lowest BCUT2D eigenvalue weighted by Crippen LogP contribution is -2.46. The maximum absolute atomic E-state index is 12.5. The van der Waals surface area contributed by atoms with Crippen LogP contribution in [-0.4, -0.2) is 22.5 Å². The molecule has 110 valence electrons. The molecule has 0 radical (unpaired) electrons. The molecule has 0 spiro atoms. The first-order valence-corrected chi connectivity index (χ1v) is 6.98. The molecular formula is C14H17F3N2S. The van der Waals surface area contributed by atoms with Gasteiger partial charge in [-0.2, -0.15) is 13.2 Å². The minimum absolute atomic E-state index is 0.0565. The molecule has 1 aliphatic rings. The van der Waals surface area contributed by atoms with Crippen LogP contribution in [0.15, 0.2) is 24.3 Å². The van der Waals surface area contributed by atoms with Crippen LogP contribution in [0.3, 0.4) is 0 Å². The number of piperidine rings is 1. The molecule has 1 saturated heterocycles. The van der Waals surface area contributed by atoms with Crippen molar-refractivity contribution in [3.8, 4) is 0 Å². The van der Waals surface area contributed by atoms with Gasteiger partial charge in [-0.15, -0.1) is 0 Å². The SMILES string of the molecule is NC(=S)C1CCCCN1Cc1ccc(C(F)(F)F)cc1. The van der Waals surface area contributed by atoms with E-state index in [1.165, 1.54) is 12.1 Å². The Bertz CT molecular complexity index is 470. The van der Waals surface area contributed by atoms with Crippen LogP contribution in [0.4, 0.5) is 13.2 Å². The molecule has 1 aromatic rings. The summed E-state index contributed by atoms with van der Waals surface area (Å²) < 4.78 is 37.5. The molecular weight excluding hydrogens is 285 g/mol. The van der Waals surface area contributed by atoms with Gasteiger partial charge in [0.1, 0.15) is 0 Å². The van der Waals surface area contributed by atoms with Crippen LogP contribution in [0.25, 0.3) is 0 Å². The van der Waals surface area contributed by atoms with E-state index in [-0.39, 0.29) is 6.04 Å². The van der Waals surface area contributed by atoms with E-state index in [0.29, 0.717) is 11.5 Å². The van der Waals surface area contributed by atoms with Gasteiger partial charge < -0.3 is 5.73 Å². The van der Waals surface area contributed by atoms with Crippen LogP contribution in [-0.2, 0) is 12.7 Å². The fourth-order valence-electron chi connectivity index (χ4n) is 2.54. The molecule has 1 fully saturated rings. The van der Waals surface area contributed by atoms with Gasteiger partial charge in [0, 0.05) is 6.54 Å². The Morgan fingerprint density at radius 2 is 1.90 bits per heavy atom. The predicted molar refractivity (Wildman–Crippen MR) is 76.3 cm³/mol. The number of thiocarbonyl (C=S) groups is 1. The Balaban J connectivity index is 2.07. The third-order valence-electron chi connectivity index (χ3n) is 3.61. The lowest BCUT2D eigenvalue weighted by molar-refractivity contribution is -0.137. The summed E-state index contributed by atoms with van der Waals surface area (Å²) in [7, 11) is 0. The molecule has 0 aliphatic carbocycles. The number of hydrogen-bond donors (Lipinski definition) is 1. The Kier molecular flexibility index (Phi) is 4.65. The lowest BCUT2D eigenvalue weighted by atomic mass is 10.0. The molecule has 2 N–H and O–H groups in total. The second kappa shape index (κ2) is 6.10. The number of nitrogens with two attached hydrogens (primary N) is 1. The Morgan fingerprint density at radius 3 is 2.45 bits per heavy atom. The Labute approximate surface area is 121 Å². The van der Waals surface area contributed by atoms with E-state index in [2.05, 4.69) is 4.90 Å². The number of nitrogens with zero attached hydrogens (tertiary/aromatic N) is 1. The first-order chi connectivity index (χ1) is 9.38. The van der Waals surface area contributed by atoms with E-state index in [0.717, 1.165) is 43.5 Å². The summed E-state index contributed by atoms with van der Waals surface area (Å²) in [5.74, 6) is 0.